The number of aromatic amines is 1. The van der Waals surface area contributed by atoms with Crippen molar-refractivity contribution < 1.29 is 4.79 Å². The van der Waals surface area contributed by atoms with Gasteiger partial charge in [-0.2, -0.15) is 5.10 Å². The van der Waals surface area contributed by atoms with Gasteiger partial charge in [0.25, 0.3) is 11.5 Å². The molecule has 1 amide bonds. The molecule has 128 valence electrons. The van der Waals surface area contributed by atoms with Gasteiger partial charge in [0.2, 0.25) is 0 Å². The number of nitrogens with zero attached hydrogens (tertiary/aromatic N) is 3. The molecule has 0 atom stereocenters. The Morgan fingerprint density at radius 3 is 2.72 bits per heavy atom. The molecule has 1 N–H and O–H groups in total. The van der Waals surface area contributed by atoms with E-state index >= 15 is 0 Å². The fraction of sp³-hybridized carbons (Fsp3) is 0.211. The summed E-state index contributed by atoms with van der Waals surface area (Å²) in [7, 11) is 3.49. The predicted octanol–water partition coefficient (Wildman–Crippen LogP) is 2.36. The van der Waals surface area contributed by atoms with Gasteiger partial charge in [-0.15, -0.1) is 0 Å². The highest BCUT2D eigenvalue weighted by molar-refractivity contribution is 5.93. The Kier molecular flexibility index (Phi) is 4.52. The summed E-state index contributed by atoms with van der Waals surface area (Å²) in [5.74, 6) is -0.319. The zero-order valence-corrected chi connectivity index (χ0v) is 14.5. The number of nitrogens with one attached hydrogen (secondary N) is 1. The number of aromatic nitrogens is 3. The first kappa shape index (κ1) is 16.7. The van der Waals surface area contributed by atoms with Gasteiger partial charge in [0.15, 0.2) is 0 Å². The first-order valence-corrected chi connectivity index (χ1v) is 7.97. The lowest BCUT2D eigenvalue weighted by Gasteiger charge is -2.16. The van der Waals surface area contributed by atoms with Crippen molar-refractivity contribution in [1.29, 1.82) is 0 Å². The molecule has 25 heavy (non-hydrogen) atoms. The molecular weight excluding hydrogens is 316 g/mol. The standard InChI is InChI=1S/C19H20N4O2/c1-13-5-4-6-15(9-13)17-8-7-16(18(24)21-17)19(25)22(2)11-14-10-20-23(3)12-14/h4-10,12H,11H2,1-3H3,(H,21,24). The Balaban J connectivity index is 1.82. The Hall–Kier alpha value is -3.15. The van der Waals surface area contributed by atoms with Crippen LogP contribution in [-0.2, 0) is 13.6 Å². The maximum atomic E-state index is 12.6. The van der Waals surface area contributed by atoms with Crippen molar-refractivity contribution in [3.05, 3.63) is 75.8 Å². The first-order valence-electron chi connectivity index (χ1n) is 7.97. The van der Waals surface area contributed by atoms with Gasteiger partial charge >= 0.3 is 0 Å². The molecule has 0 aliphatic heterocycles. The molecule has 0 saturated heterocycles. The molecule has 3 aromatic rings. The molecule has 0 aliphatic rings. The van der Waals surface area contributed by atoms with Gasteiger partial charge in [0.1, 0.15) is 5.56 Å². The molecule has 0 unspecified atom stereocenters. The van der Waals surface area contributed by atoms with E-state index in [4.69, 9.17) is 0 Å². The lowest BCUT2D eigenvalue weighted by molar-refractivity contribution is 0.0783. The minimum Gasteiger partial charge on any atom is -0.337 e. The van der Waals surface area contributed by atoms with Gasteiger partial charge in [-0.3, -0.25) is 14.3 Å². The maximum absolute atomic E-state index is 12.6. The number of aryl methyl sites for hydroxylation is 2. The highest BCUT2D eigenvalue weighted by Gasteiger charge is 2.16. The van der Waals surface area contributed by atoms with Crippen LogP contribution in [0, 0.1) is 6.92 Å². The van der Waals surface area contributed by atoms with Crippen LogP contribution < -0.4 is 5.56 Å². The fourth-order valence-electron chi connectivity index (χ4n) is 2.73. The lowest BCUT2D eigenvalue weighted by atomic mass is 10.1. The van der Waals surface area contributed by atoms with Crippen LogP contribution in [-0.4, -0.2) is 32.6 Å². The monoisotopic (exact) mass is 336 g/mol. The van der Waals surface area contributed by atoms with Crippen LogP contribution in [0.15, 0.2) is 53.6 Å². The predicted molar refractivity (Wildman–Crippen MR) is 96.2 cm³/mol. The Morgan fingerprint density at radius 1 is 1.28 bits per heavy atom. The molecule has 3 rings (SSSR count). The summed E-state index contributed by atoms with van der Waals surface area (Å²) in [4.78, 5) is 29.3. The quantitative estimate of drug-likeness (QED) is 0.795. The second kappa shape index (κ2) is 6.76. The third-order valence-corrected chi connectivity index (χ3v) is 3.99. The summed E-state index contributed by atoms with van der Waals surface area (Å²) in [6, 6.07) is 11.2. The molecule has 0 aliphatic carbocycles. The molecule has 2 aromatic heterocycles. The number of amides is 1. The lowest BCUT2D eigenvalue weighted by Crippen LogP contribution is -2.31. The highest BCUT2D eigenvalue weighted by atomic mass is 16.2. The van der Waals surface area contributed by atoms with Crippen molar-refractivity contribution in [3.63, 3.8) is 0 Å². The van der Waals surface area contributed by atoms with Crippen LogP contribution in [0.1, 0.15) is 21.5 Å². The van der Waals surface area contributed by atoms with Crippen molar-refractivity contribution >= 4 is 5.91 Å². The summed E-state index contributed by atoms with van der Waals surface area (Å²) in [6.45, 7) is 2.39. The second-order valence-electron chi connectivity index (χ2n) is 6.17. The molecule has 2 heterocycles. The molecule has 0 saturated carbocycles. The zero-order valence-electron chi connectivity index (χ0n) is 14.5. The SMILES string of the molecule is Cc1cccc(-c2ccc(C(=O)N(C)Cc3cnn(C)c3)c(=O)[nH]2)c1. The number of H-pyrrole nitrogens is 1. The number of carbonyl (C=O) groups excluding carboxylic acids is 1. The van der Waals surface area contributed by atoms with Gasteiger partial charge in [-0.25, -0.2) is 0 Å². The van der Waals surface area contributed by atoms with Crippen LogP contribution in [0.4, 0.5) is 0 Å². The molecule has 0 radical (unpaired) electrons. The van der Waals surface area contributed by atoms with E-state index in [1.165, 1.54) is 4.90 Å². The van der Waals surface area contributed by atoms with Crippen LogP contribution in [0.2, 0.25) is 0 Å². The van der Waals surface area contributed by atoms with Gasteiger partial charge in [0.05, 0.1) is 6.20 Å². The minimum atomic E-state index is -0.387. The molecule has 0 fully saturated rings. The number of rotatable bonds is 4. The Labute approximate surface area is 145 Å². The van der Waals surface area contributed by atoms with E-state index in [2.05, 4.69) is 10.1 Å². The van der Waals surface area contributed by atoms with Crippen LogP contribution in [0.25, 0.3) is 11.3 Å². The number of benzene rings is 1. The van der Waals surface area contributed by atoms with E-state index in [0.29, 0.717) is 12.2 Å². The van der Waals surface area contributed by atoms with Crippen molar-refractivity contribution in [3.8, 4) is 11.3 Å². The number of carbonyl (C=O) groups is 1. The summed E-state index contributed by atoms with van der Waals surface area (Å²) in [6.07, 6.45) is 3.55. The van der Waals surface area contributed by atoms with Crippen LogP contribution in [0.3, 0.4) is 0 Å². The summed E-state index contributed by atoms with van der Waals surface area (Å²) in [5, 5.41) is 4.08. The Morgan fingerprint density at radius 2 is 2.08 bits per heavy atom. The third-order valence-electron chi connectivity index (χ3n) is 3.99. The van der Waals surface area contributed by atoms with E-state index in [-0.39, 0.29) is 17.0 Å². The number of pyridine rings is 1. The summed E-state index contributed by atoms with van der Waals surface area (Å²) < 4.78 is 1.68. The van der Waals surface area contributed by atoms with Crippen molar-refractivity contribution in [2.75, 3.05) is 7.05 Å². The number of hydrogen-bond acceptors (Lipinski definition) is 3. The topological polar surface area (TPSA) is 71.0 Å². The smallest absolute Gasteiger partial charge is 0.261 e. The van der Waals surface area contributed by atoms with Gasteiger partial charge in [-0.05, 0) is 30.7 Å². The van der Waals surface area contributed by atoms with E-state index < -0.39 is 0 Å². The molecule has 1 aromatic carbocycles. The largest absolute Gasteiger partial charge is 0.337 e. The van der Waals surface area contributed by atoms with Crippen LogP contribution >= 0.6 is 0 Å². The second-order valence-corrected chi connectivity index (χ2v) is 6.17. The first-order chi connectivity index (χ1) is 11.9. The van der Waals surface area contributed by atoms with E-state index in [1.54, 1.807) is 30.1 Å². The molecule has 0 spiro atoms. The zero-order chi connectivity index (χ0) is 18.0. The van der Waals surface area contributed by atoms with Crippen molar-refractivity contribution in [2.24, 2.45) is 7.05 Å². The minimum absolute atomic E-state index is 0.128. The van der Waals surface area contributed by atoms with Crippen molar-refractivity contribution in [1.82, 2.24) is 19.7 Å². The van der Waals surface area contributed by atoms with Gasteiger partial charge in [-0.1, -0.05) is 23.8 Å². The molecule has 6 nitrogen and oxygen atoms in total. The normalized spacial score (nSPS) is 10.7. The third kappa shape index (κ3) is 3.68. The van der Waals surface area contributed by atoms with Gasteiger partial charge in [0, 0.05) is 38.1 Å². The molecular formula is C19H20N4O2. The van der Waals surface area contributed by atoms with E-state index in [0.717, 1.165) is 16.7 Å². The average Bonchev–Trinajstić information content (AvgIpc) is 2.99. The molecule has 6 heteroatoms. The molecule has 0 bridgehead atoms. The van der Waals surface area contributed by atoms with Gasteiger partial charge < -0.3 is 9.88 Å². The van der Waals surface area contributed by atoms with Crippen molar-refractivity contribution in [2.45, 2.75) is 13.5 Å². The maximum Gasteiger partial charge on any atom is 0.261 e. The number of hydrogen-bond donors (Lipinski definition) is 1. The fourth-order valence-corrected chi connectivity index (χ4v) is 2.73. The summed E-state index contributed by atoms with van der Waals surface area (Å²) in [5.41, 5.74) is 3.37. The van der Waals surface area contributed by atoms with Crippen LogP contribution in [0.5, 0.6) is 0 Å². The average molecular weight is 336 g/mol. The summed E-state index contributed by atoms with van der Waals surface area (Å²) >= 11 is 0. The van der Waals surface area contributed by atoms with E-state index in [1.807, 2.05) is 44.4 Å². The Bertz CT molecular complexity index is 971. The highest BCUT2D eigenvalue weighted by Crippen LogP contribution is 2.17. The van der Waals surface area contributed by atoms with E-state index in [9.17, 15) is 9.59 Å².